The van der Waals surface area contributed by atoms with E-state index in [1.54, 1.807) is 66.0 Å². The van der Waals surface area contributed by atoms with Crippen LogP contribution in [-0.2, 0) is 10.0 Å². The standard InChI is InChI=1S/C18H14ClNO3S3/c19-14-5-3-13(4-6-14)17(21)12-25-16-9-7-15(8-10-16)20-26(22,23)18-2-1-11-24-18/h1-11,20H,12H2. The quantitative estimate of drug-likeness (QED) is 0.420. The third-order valence-corrected chi connectivity index (χ3v) is 7.45. The SMILES string of the molecule is O=C(CSc1ccc(NS(=O)(=O)c2cccs2)cc1)c1ccc(Cl)cc1. The number of thioether (sulfide) groups is 1. The van der Waals surface area contributed by atoms with Crippen LogP contribution in [0.15, 0.2) is 75.1 Å². The van der Waals surface area contributed by atoms with Crippen LogP contribution in [0.2, 0.25) is 5.02 Å². The largest absolute Gasteiger partial charge is 0.293 e. The highest BCUT2D eigenvalue weighted by molar-refractivity contribution is 8.00. The summed E-state index contributed by atoms with van der Waals surface area (Å²) in [7, 11) is -3.55. The van der Waals surface area contributed by atoms with Crippen LogP contribution in [0, 0.1) is 0 Å². The van der Waals surface area contributed by atoms with Crippen LogP contribution in [0.5, 0.6) is 0 Å². The predicted octanol–water partition coefficient (Wildman–Crippen LogP) is 5.18. The Balaban J connectivity index is 1.59. The van der Waals surface area contributed by atoms with Gasteiger partial charge in [0.25, 0.3) is 10.0 Å². The maximum atomic E-state index is 12.2. The van der Waals surface area contributed by atoms with E-state index in [0.29, 0.717) is 22.0 Å². The van der Waals surface area contributed by atoms with Crippen molar-refractivity contribution in [3.05, 3.63) is 76.6 Å². The molecule has 1 N–H and O–H groups in total. The van der Waals surface area contributed by atoms with Crippen molar-refractivity contribution in [2.24, 2.45) is 0 Å². The molecule has 0 bridgehead atoms. The van der Waals surface area contributed by atoms with Crippen molar-refractivity contribution < 1.29 is 13.2 Å². The first-order chi connectivity index (χ1) is 12.4. The van der Waals surface area contributed by atoms with E-state index >= 15 is 0 Å². The number of hydrogen-bond acceptors (Lipinski definition) is 5. The average molecular weight is 424 g/mol. The van der Waals surface area contributed by atoms with E-state index in [4.69, 9.17) is 11.6 Å². The van der Waals surface area contributed by atoms with E-state index in [1.807, 2.05) is 0 Å². The normalized spacial score (nSPS) is 11.3. The molecule has 134 valence electrons. The second-order valence-corrected chi connectivity index (χ2v) is 9.62. The molecule has 3 rings (SSSR count). The first kappa shape index (κ1) is 19.0. The molecule has 0 atom stereocenters. The number of thiophene rings is 1. The number of anilines is 1. The van der Waals surface area contributed by atoms with Gasteiger partial charge >= 0.3 is 0 Å². The first-order valence-corrected chi connectivity index (χ1v) is 11.2. The number of carbonyl (C=O) groups excluding carboxylic acids is 1. The van der Waals surface area contributed by atoms with Crippen LogP contribution in [0.25, 0.3) is 0 Å². The van der Waals surface area contributed by atoms with Gasteiger partial charge in [-0.05, 0) is 60.0 Å². The fraction of sp³-hybridized carbons (Fsp3) is 0.0556. The van der Waals surface area contributed by atoms with Crippen LogP contribution in [-0.4, -0.2) is 20.0 Å². The number of sulfonamides is 1. The number of hydrogen-bond donors (Lipinski definition) is 1. The summed E-state index contributed by atoms with van der Waals surface area (Å²) in [6.45, 7) is 0. The number of Topliss-reactive ketones (excluding diaryl/α,β-unsaturated/α-hetero) is 1. The molecule has 0 radical (unpaired) electrons. The minimum absolute atomic E-state index is 0.00846. The lowest BCUT2D eigenvalue weighted by Gasteiger charge is -2.07. The summed E-state index contributed by atoms with van der Waals surface area (Å²) in [5.74, 6) is 0.302. The van der Waals surface area contributed by atoms with Gasteiger partial charge in [-0.1, -0.05) is 17.7 Å². The molecule has 4 nitrogen and oxygen atoms in total. The van der Waals surface area contributed by atoms with Gasteiger partial charge in [0.05, 0.1) is 5.75 Å². The lowest BCUT2D eigenvalue weighted by atomic mass is 10.1. The molecule has 0 spiro atoms. The van der Waals surface area contributed by atoms with E-state index < -0.39 is 10.0 Å². The van der Waals surface area contributed by atoms with E-state index in [9.17, 15) is 13.2 Å². The fourth-order valence-corrected chi connectivity index (χ4v) is 5.08. The van der Waals surface area contributed by atoms with Crippen molar-refractivity contribution >= 4 is 56.2 Å². The number of benzene rings is 2. The molecule has 0 saturated carbocycles. The van der Waals surface area contributed by atoms with Crippen LogP contribution in [0.4, 0.5) is 5.69 Å². The van der Waals surface area contributed by atoms with Crippen molar-refractivity contribution in [1.29, 1.82) is 0 Å². The molecule has 1 aromatic heterocycles. The van der Waals surface area contributed by atoms with Crippen molar-refractivity contribution in [3.8, 4) is 0 Å². The molecular weight excluding hydrogens is 410 g/mol. The summed E-state index contributed by atoms with van der Waals surface area (Å²) >= 11 is 8.37. The van der Waals surface area contributed by atoms with Crippen LogP contribution in [0.1, 0.15) is 10.4 Å². The maximum absolute atomic E-state index is 12.2. The number of halogens is 1. The molecule has 0 unspecified atom stereocenters. The summed E-state index contributed by atoms with van der Waals surface area (Å²) in [5.41, 5.74) is 1.09. The number of ketones is 1. The van der Waals surface area contributed by atoms with E-state index in [0.717, 1.165) is 16.2 Å². The number of rotatable bonds is 7. The molecule has 0 amide bonds. The van der Waals surface area contributed by atoms with Gasteiger partial charge in [-0.25, -0.2) is 8.42 Å². The molecule has 0 aliphatic rings. The minimum Gasteiger partial charge on any atom is -0.293 e. The monoisotopic (exact) mass is 423 g/mol. The Morgan fingerprint density at radius 2 is 1.73 bits per heavy atom. The maximum Gasteiger partial charge on any atom is 0.271 e. The highest BCUT2D eigenvalue weighted by Gasteiger charge is 2.15. The Kier molecular flexibility index (Phi) is 6.03. The van der Waals surface area contributed by atoms with Crippen LogP contribution >= 0.6 is 34.7 Å². The first-order valence-electron chi connectivity index (χ1n) is 7.52. The van der Waals surface area contributed by atoms with Gasteiger partial charge in [0.15, 0.2) is 5.78 Å². The van der Waals surface area contributed by atoms with Crippen LogP contribution < -0.4 is 4.72 Å². The zero-order valence-electron chi connectivity index (χ0n) is 13.4. The third-order valence-electron chi connectivity index (χ3n) is 3.40. The van der Waals surface area contributed by atoms with E-state index in [1.165, 1.54) is 11.8 Å². The molecule has 1 heterocycles. The summed E-state index contributed by atoms with van der Waals surface area (Å²) in [6.07, 6.45) is 0. The lowest BCUT2D eigenvalue weighted by Crippen LogP contribution is -2.11. The van der Waals surface area contributed by atoms with E-state index in [2.05, 4.69) is 4.72 Å². The summed E-state index contributed by atoms with van der Waals surface area (Å²) in [4.78, 5) is 13.0. The van der Waals surface area contributed by atoms with Gasteiger partial charge in [-0.3, -0.25) is 9.52 Å². The molecule has 0 aliphatic heterocycles. The molecule has 8 heteroatoms. The minimum atomic E-state index is -3.55. The van der Waals surface area contributed by atoms with Gasteiger partial charge in [-0.15, -0.1) is 23.1 Å². The second-order valence-electron chi connectivity index (χ2n) is 5.28. The molecule has 3 aromatic rings. The Hall–Kier alpha value is -1.80. The van der Waals surface area contributed by atoms with Crippen molar-refractivity contribution in [2.45, 2.75) is 9.10 Å². The molecule has 0 aliphatic carbocycles. The smallest absolute Gasteiger partial charge is 0.271 e. The van der Waals surface area contributed by atoms with Crippen molar-refractivity contribution in [3.63, 3.8) is 0 Å². The summed E-state index contributed by atoms with van der Waals surface area (Å²) in [6, 6.07) is 17.0. The zero-order valence-corrected chi connectivity index (χ0v) is 16.6. The lowest BCUT2D eigenvalue weighted by molar-refractivity contribution is 0.102. The van der Waals surface area contributed by atoms with Gasteiger partial charge in [0.2, 0.25) is 0 Å². The van der Waals surface area contributed by atoms with E-state index in [-0.39, 0.29) is 9.99 Å². The highest BCUT2D eigenvalue weighted by Crippen LogP contribution is 2.24. The van der Waals surface area contributed by atoms with Crippen LogP contribution in [0.3, 0.4) is 0 Å². The van der Waals surface area contributed by atoms with Gasteiger partial charge in [-0.2, -0.15) is 0 Å². The predicted molar refractivity (Wildman–Crippen MR) is 108 cm³/mol. The molecule has 0 saturated heterocycles. The van der Waals surface area contributed by atoms with Gasteiger partial charge in [0, 0.05) is 21.2 Å². The second kappa shape index (κ2) is 8.26. The molecule has 0 fully saturated rings. The summed E-state index contributed by atoms with van der Waals surface area (Å²) < 4.78 is 27.2. The number of nitrogens with one attached hydrogen (secondary N) is 1. The Morgan fingerprint density at radius 1 is 1.04 bits per heavy atom. The molecule has 26 heavy (non-hydrogen) atoms. The van der Waals surface area contributed by atoms with Crippen molar-refractivity contribution in [2.75, 3.05) is 10.5 Å². The fourth-order valence-electron chi connectivity index (χ4n) is 2.11. The topological polar surface area (TPSA) is 63.2 Å². The van der Waals surface area contributed by atoms with Gasteiger partial charge < -0.3 is 0 Å². The average Bonchev–Trinajstić information content (AvgIpc) is 3.17. The highest BCUT2D eigenvalue weighted by atomic mass is 35.5. The number of carbonyl (C=O) groups is 1. The molecule has 2 aromatic carbocycles. The van der Waals surface area contributed by atoms with Crippen molar-refractivity contribution in [1.82, 2.24) is 0 Å². The third kappa shape index (κ3) is 4.88. The van der Waals surface area contributed by atoms with Gasteiger partial charge in [0.1, 0.15) is 4.21 Å². The Morgan fingerprint density at radius 3 is 2.35 bits per heavy atom. The Labute approximate surface area is 165 Å². The molecular formula is C18H14ClNO3S3. The zero-order chi connectivity index (χ0) is 18.6. The summed E-state index contributed by atoms with van der Waals surface area (Å²) in [5, 5.41) is 2.31. The Bertz CT molecular complexity index is 983.